The van der Waals surface area contributed by atoms with Gasteiger partial charge in [-0.15, -0.1) is 0 Å². The van der Waals surface area contributed by atoms with Crippen LogP contribution >= 0.6 is 0 Å². The lowest BCUT2D eigenvalue weighted by Gasteiger charge is -2.27. The molecule has 2 rings (SSSR count). The van der Waals surface area contributed by atoms with Gasteiger partial charge in [-0.3, -0.25) is 0 Å². The molecule has 1 aliphatic heterocycles. The zero-order valence-electron chi connectivity index (χ0n) is 9.98. The SMILES string of the molecule is CCCN(C(=O)OC1CCOCC1)C1CC1. The fourth-order valence-electron chi connectivity index (χ4n) is 2.05. The molecule has 1 aliphatic carbocycles. The number of amides is 1. The molecule has 0 aromatic rings. The lowest BCUT2D eigenvalue weighted by Crippen LogP contribution is -2.38. The summed E-state index contributed by atoms with van der Waals surface area (Å²) in [6.07, 6.45) is 4.92. The van der Waals surface area contributed by atoms with Gasteiger partial charge in [0, 0.05) is 25.4 Å². The molecule has 2 aliphatic rings. The molecule has 0 bridgehead atoms. The molecule has 92 valence electrons. The van der Waals surface area contributed by atoms with Crippen LogP contribution in [-0.4, -0.2) is 42.9 Å². The number of carbonyl (C=O) groups is 1. The highest BCUT2D eigenvalue weighted by Gasteiger charge is 2.34. The Morgan fingerprint density at radius 2 is 2.00 bits per heavy atom. The molecular formula is C12H21NO3. The van der Waals surface area contributed by atoms with Crippen LogP contribution in [0.5, 0.6) is 0 Å². The normalized spacial score (nSPS) is 21.8. The van der Waals surface area contributed by atoms with E-state index in [-0.39, 0.29) is 12.2 Å². The van der Waals surface area contributed by atoms with Crippen molar-refractivity contribution in [2.75, 3.05) is 19.8 Å². The summed E-state index contributed by atoms with van der Waals surface area (Å²) >= 11 is 0. The summed E-state index contributed by atoms with van der Waals surface area (Å²) in [5.41, 5.74) is 0. The Morgan fingerprint density at radius 1 is 1.31 bits per heavy atom. The van der Waals surface area contributed by atoms with Gasteiger partial charge in [-0.2, -0.15) is 0 Å². The first-order chi connectivity index (χ1) is 7.81. The van der Waals surface area contributed by atoms with Crippen molar-refractivity contribution >= 4 is 6.09 Å². The third-order valence-corrected chi connectivity index (χ3v) is 3.12. The lowest BCUT2D eigenvalue weighted by atomic mass is 10.2. The highest BCUT2D eigenvalue weighted by Crippen LogP contribution is 2.28. The fraction of sp³-hybridized carbons (Fsp3) is 0.917. The molecule has 1 amide bonds. The Morgan fingerprint density at radius 3 is 2.56 bits per heavy atom. The summed E-state index contributed by atoms with van der Waals surface area (Å²) in [4.78, 5) is 13.8. The molecule has 4 heteroatoms. The van der Waals surface area contributed by atoms with E-state index in [9.17, 15) is 4.79 Å². The number of hydrogen-bond donors (Lipinski definition) is 0. The molecule has 0 aromatic carbocycles. The molecule has 0 radical (unpaired) electrons. The van der Waals surface area contributed by atoms with Crippen molar-refractivity contribution in [3.8, 4) is 0 Å². The zero-order valence-corrected chi connectivity index (χ0v) is 9.98. The smallest absolute Gasteiger partial charge is 0.410 e. The third kappa shape index (κ3) is 3.11. The number of rotatable bonds is 4. The van der Waals surface area contributed by atoms with Crippen molar-refractivity contribution in [2.24, 2.45) is 0 Å². The summed E-state index contributed by atoms with van der Waals surface area (Å²) in [7, 11) is 0. The highest BCUT2D eigenvalue weighted by molar-refractivity contribution is 5.68. The van der Waals surface area contributed by atoms with Crippen molar-refractivity contribution in [1.82, 2.24) is 4.90 Å². The molecule has 2 fully saturated rings. The maximum Gasteiger partial charge on any atom is 0.410 e. The van der Waals surface area contributed by atoms with Crippen LogP contribution in [0.15, 0.2) is 0 Å². The van der Waals surface area contributed by atoms with Crippen molar-refractivity contribution in [3.63, 3.8) is 0 Å². The first-order valence-electron chi connectivity index (χ1n) is 6.36. The van der Waals surface area contributed by atoms with Crippen LogP contribution in [0.1, 0.15) is 39.0 Å². The third-order valence-electron chi connectivity index (χ3n) is 3.12. The van der Waals surface area contributed by atoms with Gasteiger partial charge >= 0.3 is 6.09 Å². The topological polar surface area (TPSA) is 38.8 Å². The van der Waals surface area contributed by atoms with Crippen LogP contribution in [0.2, 0.25) is 0 Å². The average Bonchev–Trinajstić information content (AvgIpc) is 3.11. The van der Waals surface area contributed by atoms with E-state index < -0.39 is 0 Å². The summed E-state index contributed by atoms with van der Waals surface area (Å²) in [5.74, 6) is 0. The maximum atomic E-state index is 11.9. The van der Waals surface area contributed by atoms with E-state index in [0.29, 0.717) is 6.04 Å². The second kappa shape index (κ2) is 5.53. The first-order valence-corrected chi connectivity index (χ1v) is 6.36. The van der Waals surface area contributed by atoms with E-state index in [1.54, 1.807) is 0 Å². The number of carbonyl (C=O) groups excluding carboxylic acids is 1. The molecule has 1 saturated heterocycles. The molecular weight excluding hydrogens is 206 g/mol. The molecule has 0 N–H and O–H groups in total. The van der Waals surface area contributed by atoms with Gasteiger partial charge in [-0.1, -0.05) is 6.92 Å². The lowest BCUT2D eigenvalue weighted by molar-refractivity contribution is -0.0109. The van der Waals surface area contributed by atoms with E-state index in [4.69, 9.17) is 9.47 Å². The van der Waals surface area contributed by atoms with E-state index in [0.717, 1.165) is 51.9 Å². The molecule has 1 heterocycles. The number of hydrogen-bond acceptors (Lipinski definition) is 3. The van der Waals surface area contributed by atoms with Gasteiger partial charge < -0.3 is 14.4 Å². The number of ether oxygens (including phenoxy) is 2. The van der Waals surface area contributed by atoms with Gasteiger partial charge in [-0.05, 0) is 19.3 Å². The standard InChI is InChI=1S/C12H21NO3/c1-2-7-13(10-3-4-10)12(14)16-11-5-8-15-9-6-11/h10-11H,2-9H2,1H3. The van der Waals surface area contributed by atoms with E-state index in [1.165, 1.54) is 0 Å². The molecule has 16 heavy (non-hydrogen) atoms. The van der Waals surface area contributed by atoms with Crippen LogP contribution in [0.3, 0.4) is 0 Å². The second-order valence-electron chi connectivity index (χ2n) is 4.62. The average molecular weight is 227 g/mol. The van der Waals surface area contributed by atoms with Crippen LogP contribution in [-0.2, 0) is 9.47 Å². The quantitative estimate of drug-likeness (QED) is 0.739. The van der Waals surface area contributed by atoms with Gasteiger partial charge in [0.25, 0.3) is 0 Å². The molecule has 0 aromatic heterocycles. The molecule has 0 unspecified atom stereocenters. The minimum absolute atomic E-state index is 0.0688. The Hall–Kier alpha value is -0.770. The predicted octanol–water partition coefficient (Wildman–Crippen LogP) is 2.18. The molecule has 0 atom stereocenters. The first kappa shape index (κ1) is 11.7. The van der Waals surface area contributed by atoms with Crippen molar-refractivity contribution in [2.45, 2.75) is 51.2 Å². The zero-order chi connectivity index (χ0) is 11.4. The molecule has 0 spiro atoms. The Labute approximate surface area is 96.9 Å². The van der Waals surface area contributed by atoms with Crippen molar-refractivity contribution < 1.29 is 14.3 Å². The maximum absolute atomic E-state index is 11.9. The van der Waals surface area contributed by atoms with E-state index >= 15 is 0 Å². The molecule has 1 saturated carbocycles. The van der Waals surface area contributed by atoms with Crippen molar-refractivity contribution in [1.29, 1.82) is 0 Å². The van der Waals surface area contributed by atoms with Gasteiger partial charge in [0.1, 0.15) is 6.10 Å². The fourth-order valence-corrected chi connectivity index (χ4v) is 2.05. The Balaban J connectivity index is 1.79. The largest absolute Gasteiger partial charge is 0.446 e. The Kier molecular flexibility index (Phi) is 4.04. The molecule has 4 nitrogen and oxygen atoms in total. The Bertz CT molecular complexity index is 234. The summed E-state index contributed by atoms with van der Waals surface area (Å²) in [6.45, 7) is 4.36. The van der Waals surface area contributed by atoms with E-state index in [1.807, 2.05) is 4.90 Å². The van der Waals surface area contributed by atoms with Crippen LogP contribution in [0, 0.1) is 0 Å². The predicted molar refractivity (Wildman–Crippen MR) is 60.3 cm³/mol. The summed E-state index contributed by atoms with van der Waals surface area (Å²) < 4.78 is 10.8. The monoisotopic (exact) mass is 227 g/mol. The van der Waals surface area contributed by atoms with Crippen molar-refractivity contribution in [3.05, 3.63) is 0 Å². The van der Waals surface area contributed by atoms with Gasteiger partial charge in [-0.25, -0.2) is 4.79 Å². The van der Waals surface area contributed by atoms with Crippen LogP contribution < -0.4 is 0 Å². The second-order valence-corrected chi connectivity index (χ2v) is 4.62. The van der Waals surface area contributed by atoms with Crippen LogP contribution in [0.4, 0.5) is 4.79 Å². The minimum atomic E-state index is -0.115. The highest BCUT2D eigenvalue weighted by atomic mass is 16.6. The minimum Gasteiger partial charge on any atom is -0.446 e. The van der Waals surface area contributed by atoms with Gasteiger partial charge in [0.2, 0.25) is 0 Å². The van der Waals surface area contributed by atoms with Crippen LogP contribution in [0.25, 0.3) is 0 Å². The van der Waals surface area contributed by atoms with Gasteiger partial charge in [0.05, 0.1) is 13.2 Å². The number of nitrogens with zero attached hydrogens (tertiary/aromatic N) is 1. The summed E-state index contributed by atoms with van der Waals surface area (Å²) in [6, 6.07) is 0.451. The van der Waals surface area contributed by atoms with E-state index in [2.05, 4.69) is 6.92 Å². The summed E-state index contributed by atoms with van der Waals surface area (Å²) in [5, 5.41) is 0. The van der Waals surface area contributed by atoms with Gasteiger partial charge in [0.15, 0.2) is 0 Å².